The van der Waals surface area contributed by atoms with Crippen molar-refractivity contribution in [3.8, 4) is 22.5 Å². The monoisotopic (exact) mass is 383 g/mol. The lowest BCUT2D eigenvalue weighted by Gasteiger charge is -2.29. The number of nitrogens with zero attached hydrogens (tertiary/aromatic N) is 4. The van der Waals surface area contributed by atoms with Crippen LogP contribution in [0.2, 0.25) is 0 Å². The molecule has 2 aromatic carbocycles. The van der Waals surface area contributed by atoms with Crippen LogP contribution in [0.15, 0.2) is 47.4 Å². The zero-order valence-corrected chi connectivity index (χ0v) is 15.9. The van der Waals surface area contributed by atoms with Crippen LogP contribution in [0.4, 0.5) is 5.69 Å². The molecule has 2 heterocycles. The third kappa shape index (κ3) is 3.57. The van der Waals surface area contributed by atoms with Crippen molar-refractivity contribution in [2.24, 2.45) is 0 Å². The number of aromatic amines is 1. The normalized spacial score (nSPS) is 15.1. The van der Waals surface area contributed by atoms with E-state index >= 15 is 0 Å². The Bertz CT molecular complexity index is 1020. The first-order chi connectivity index (χ1) is 13.0. The highest BCUT2D eigenvalue weighted by Crippen LogP contribution is 2.36. The van der Waals surface area contributed by atoms with E-state index in [1.54, 1.807) is 12.1 Å². The van der Waals surface area contributed by atoms with Crippen LogP contribution in [0, 0.1) is 0 Å². The molecule has 27 heavy (non-hydrogen) atoms. The maximum Gasteiger partial charge on any atom is 0.206 e. The number of tetrazole rings is 1. The van der Waals surface area contributed by atoms with E-state index in [1.807, 2.05) is 18.2 Å². The summed E-state index contributed by atoms with van der Waals surface area (Å²) in [5.74, 6) is 0.270. The minimum absolute atomic E-state index is 0.196. The van der Waals surface area contributed by atoms with E-state index in [2.05, 4.69) is 37.7 Å². The van der Waals surface area contributed by atoms with E-state index < -0.39 is 9.84 Å². The van der Waals surface area contributed by atoms with Gasteiger partial charge in [0.15, 0.2) is 9.84 Å². The molecule has 0 amide bonds. The van der Waals surface area contributed by atoms with Gasteiger partial charge in [0.05, 0.1) is 4.90 Å². The van der Waals surface area contributed by atoms with Gasteiger partial charge in [0.2, 0.25) is 5.82 Å². The van der Waals surface area contributed by atoms with Crippen LogP contribution in [-0.4, -0.2) is 48.4 Å². The average Bonchev–Trinajstić information content (AvgIpc) is 3.22. The number of hydrogen-bond donors (Lipinski definition) is 1. The van der Waals surface area contributed by atoms with Crippen molar-refractivity contribution in [3.63, 3.8) is 0 Å². The highest BCUT2D eigenvalue weighted by Gasteiger charge is 2.22. The van der Waals surface area contributed by atoms with Crippen molar-refractivity contribution in [2.75, 3.05) is 24.2 Å². The van der Waals surface area contributed by atoms with E-state index in [9.17, 15) is 8.42 Å². The van der Waals surface area contributed by atoms with E-state index in [4.69, 9.17) is 0 Å². The minimum Gasteiger partial charge on any atom is -0.372 e. The molecular weight excluding hydrogens is 362 g/mol. The molecular formula is C19H21N5O2S. The Morgan fingerprint density at radius 3 is 2.37 bits per heavy atom. The van der Waals surface area contributed by atoms with E-state index in [0.29, 0.717) is 5.56 Å². The van der Waals surface area contributed by atoms with Gasteiger partial charge in [0.1, 0.15) is 0 Å². The first kappa shape index (κ1) is 17.7. The van der Waals surface area contributed by atoms with Gasteiger partial charge in [-0.3, -0.25) is 0 Å². The molecule has 0 aliphatic carbocycles. The summed E-state index contributed by atoms with van der Waals surface area (Å²) >= 11 is 0. The molecule has 1 aliphatic rings. The average molecular weight is 383 g/mol. The Kier molecular flexibility index (Phi) is 4.65. The topological polar surface area (TPSA) is 91.8 Å². The summed E-state index contributed by atoms with van der Waals surface area (Å²) in [7, 11) is -3.45. The highest BCUT2D eigenvalue weighted by atomic mass is 32.2. The summed E-state index contributed by atoms with van der Waals surface area (Å²) < 4.78 is 24.6. The maximum absolute atomic E-state index is 12.3. The Balaban J connectivity index is 1.80. The fraction of sp³-hybridized carbons (Fsp3) is 0.316. The number of hydrogen-bond acceptors (Lipinski definition) is 6. The first-order valence-electron chi connectivity index (χ1n) is 8.96. The van der Waals surface area contributed by atoms with Crippen molar-refractivity contribution < 1.29 is 8.42 Å². The zero-order chi connectivity index (χ0) is 18.9. The first-order valence-corrected chi connectivity index (χ1v) is 10.9. The lowest BCUT2D eigenvalue weighted by atomic mass is 9.98. The summed E-state index contributed by atoms with van der Waals surface area (Å²) in [6.45, 7) is 2.16. The second kappa shape index (κ2) is 7.11. The fourth-order valence-electron chi connectivity index (χ4n) is 3.58. The Morgan fingerprint density at radius 2 is 1.74 bits per heavy atom. The number of H-pyrrole nitrogens is 1. The van der Waals surface area contributed by atoms with Crippen molar-refractivity contribution >= 4 is 15.5 Å². The van der Waals surface area contributed by atoms with Gasteiger partial charge in [-0.1, -0.05) is 24.3 Å². The molecule has 8 heteroatoms. The second-order valence-electron chi connectivity index (χ2n) is 6.78. The molecule has 0 radical (unpaired) electrons. The van der Waals surface area contributed by atoms with Crippen LogP contribution in [0.1, 0.15) is 19.3 Å². The molecule has 0 bridgehead atoms. The lowest BCUT2D eigenvalue weighted by Crippen LogP contribution is -2.29. The molecule has 3 aromatic rings. The predicted molar refractivity (Wildman–Crippen MR) is 104 cm³/mol. The third-order valence-corrected chi connectivity index (χ3v) is 6.03. The SMILES string of the molecule is CS(=O)(=O)c1cccc(-c2ccc(N3CCCCC3)cc2)c1-c1nn[nH]n1. The Labute approximate surface area is 158 Å². The van der Waals surface area contributed by atoms with Gasteiger partial charge < -0.3 is 4.90 Å². The molecule has 0 spiro atoms. The summed E-state index contributed by atoms with van der Waals surface area (Å²) in [6, 6.07) is 13.4. The van der Waals surface area contributed by atoms with Crippen molar-refractivity contribution in [1.29, 1.82) is 0 Å². The fourth-order valence-corrected chi connectivity index (χ4v) is 4.48. The number of rotatable bonds is 4. The molecule has 1 fully saturated rings. The van der Waals surface area contributed by atoms with Gasteiger partial charge in [-0.25, -0.2) is 8.42 Å². The highest BCUT2D eigenvalue weighted by molar-refractivity contribution is 7.90. The number of aromatic nitrogens is 4. The zero-order valence-electron chi connectivity index (χ0n) is 15.1. The number of nitrogens with one attached hydrogen (secondary N) is 1. The number of sulfone groups is 1. The molecule has 1 aromatic heterocycles. The molecule has 0 atom stereocenters. The van der Waals surface area contributed by atoms with Gasteiger partial charge in [0.25, 0.3) is 0 Å². The van der Waals surface area contributed by atoms with Crippen molar-refractivity contribution in [1.82, 2.24) is 20.6 Å². The van der Waals surface area contributed by atoms with E-state index in [-0.39, 0.29) is 10.7 Å². The summed E-state index contributed by atoms with van der Waals surface area (Å²) in [5.41, 5.74) is 3.35. The van der Waals surface area contributed by atoms with Crippen LogP contribution in [0.3, 0.4) is 0 Å². The van der Waals surface area contributed by atoms with Crippen LogP contribution in [0.25, 0.3) is 22.5 Å². The quantitative estimate of drug-likeness (QED) is 0.745. The molecule has 1 N–H and O–H groups in total. The summed E-state index contributed by atoms with van der Waals surface area (Å²) in [6.07, 6.45) is 4.93. The molecule has 4 rings (SSSR count). The summed E-state index contributed by atoms with van der Waals surface area (Å²) in [4.78, 5) is 2.59. The van der Waals surface area contributed by atoms with Gasteiger partial charge in [-0.05, 0) is 53.8 Å². The molecule has 0 unspecified atom stereocenters. The number of anilines is 1. The van der Waals surface area contributed by atoms with Gasteiger partial charge >= 0.3 is 0 Å². The second-order valence-corrected chi connectivity index (χ2v) is 8.77. The third-order valence-electron chi connectivity index (χ3n) is 4.89. The van der Waals surface area contributed by atoms with E-state index in [1.165, 1.54) is 31.2 Å². The van der Waals surface area contributed by atoms with Crippen LogP contribution in [-0.2, 0) is 9.84 Å². The largest absolute Gasteiger partial charge is 0.372 e. The van der Waals surface area contributed by atoms with Gasteiger partial charge in [0, 0.05) is 30.6 Å². The smallest absolute Gasteiger partial charge is 0.206 e. The standard InChI is InChI=1S/C19H21N5O2S/c1-27(25,26)17-7-5-6-16(18(17)19-20-22-23-21-19)14-8-10-15(11-9-14)24-12-3-2-4-13-24/h5-11H,2-4,12-13H2,1H3,(H,20,21,22,23). The molecule has 1 saturated heterocycles. The van der Waals surface area contributed by atoms with E-state index in [0.717, 1.165) is 24.2 Å². The van der Waals surface area contributed by atoms with Crippen molar-refractivity contribution in [2.45, 2.75) is 24.2 Å². The number of benzene rings is 2. The van der Waals surface area contributed by atoms with Crippen molar-refractivity contribution in [3.05, 3.63) is 42.5 Å². The van der Waals surface area contributed by atoms with Crippen LogP contribution < -0.4 is 4.90 Å². The molecule has 140 valence electrons. The minimum atomic E-state index is -3.45. The number of piperidine rings is 1. The predicted octanol–water partition coefficient (Wildman–Crippen LogP) is 2.93. The maximum atomic E-state index is 12.3. The van der Waals surface area contributed by atoms with Gasteiger partial charge in [-0.2, -0.15) is 5.21 Å². The molecule has 7 nitrogen and oxygen atoms in total. The lowest BCUT2D eigenvalue weighted by molar-refractivity contribution is 0.578. The van der Waals surface area contributed by atoms with Crippen LogP contribution in [0.5, 0.6) is 0 Å². The Hall–Kier alpha value is -2.74. The molecule has 0 saturated carbocycles. The van der Waals surface area contributed by atoms with Gasteiger partial charge in [-0.15, -0.1) is 10.2 Å². The van der Waals surface area contributed by atoms with Crippen LogP contribution >= 0.6 is 0 Å². The molecule has 1 aliphatic heterocycles. The Morgan fingerprint density at radius 1 is 1.00 bits per heavy atom. The summed E-state index contributed by atoms with van der Waals surface area (Å²) in [5, 5.41) is 14.0.